The van der Waals surface area contributed by atoms with Crippen LogP contribution < -0.4 is 9.47 Å². The van der Waals surface area contributed by atoms with Crippen LogP contribution in [-0.2, 0) is 4.74 Å². The highest BCUT2D eigenvalue weighted by Crippen LogP contribution is 2.15. The number of morpholine rings is 1. The molecule has 29 heavy (non-hydrogen) atoms. The maximum atomic E-state index is 12.3. The molecule has 0 aliphatic carbocycles. The average molecular weight is 418 g/mol. The van der Waals surface area contributed by atoms with E-state index in [2.05, 4.69) is 4.90 Å². The molecular formula is C23H28ClNO4. The lowest BCUT2D eigenvalue weighted by molar-refractivity contribution is 0.0358. The Hall–Kier alpha value is -2.34. The molecule has 0 atom stereocenters. The van der Waals surface area contributed by atoms with E-state index in [9.17, 15) is 4.79 Å². The molecule has 2 aromatic rings. The lowest BCUT2D eigenvalue weighted by Crippen LogP contribution is -2.37. The minimum atomic E-state index is -0.0327. The summed E-state index contributed by atoms with van der Waals surface area (Å²) in [6.45, 7) is 5.34. The Balaban J connectivity index is 0.00000300. The molecule has 1 aliphatic heterocycles. The molecule has 1 saturated heterocycles. The second-order valence-corrected chi connectivity index (χ2v) is 6.65. The molecule has 0 saturated carbocycles. The molecule has 156 valence electrons. The molecule has 0 N–H and O–H groups in total. The Kier molecular flexibility index (Phi) is 9.71. The van der Waals surface area contributed by atoms with Gasteiger partial charge in [0.05, 0.1) is 26.9 Å². The van der Waals surface area contributed by atoms with Crippen molar-refractivity contribution in [1.82, 2.24) is 4.90 Å². The van der Waals surface area contributed by atoms with Gasteiger partial charge in [0.15, 0.2) is 5.78 Å². The van der Waals surface area contributed by atoms with Crippen LogP contribution in [0.2, 0.25) is 0 Å². The Morgan fingerprint density at radius 3 is 2.34 bits per heavy atom. The first-order chi connectivity index (χ1) is 13.7. The van der Waals surface area contributed by atoms with Gasteiger partial charge in [-0.05, 0) is 54.5 Å². The van der Waals surface area contributed by atoms with Crippen LogP contribution in [0, 0.1) is 0 Å². The number of rotatable bonds is 9. The van der Waals surface area contributed by atoms with Crippen molar-refractivity contribution in [3.63, 3.8) is 0 Å². The predicted molar refractivity (Wildman–Crippen MR) is 117 cm³/mol. The van der Waals surface area contributed by atoms with Crippen LogP contribution in [-0.4, -0.2) is 57.2 Å². The van der Waals surface area contributed by atoms with Gasteiger partial charge < -0.3 is 14.2 Å². The summed E-state index contributed by atoms with van der Waals surface area (Å²) in [4.78, 5) is 14.7. The van der Waals surface area contributed by atoms with Crippen LogP contribution in [0.3, 0.4) is 0 Å². The Bertz CT molecular complexity index is 768. The second-order valence-electron chi connectivity index (χ2n) is 6.65. The number of allylic oxidation sites excluding steroid dienone is 1. The summed E-state index contributed by atoms with van der Waals surface area (Å²) in [6, 6.07) is 14.9. The summed E-state index contributed by atoms with van der Waals surface area (Å²) >= 11 is 0. The molecule has 5 nitrogen and oxygen atoms in total. The van der Waals surface area contributed by atoms with Crippen molar-refractivity contribution in [3.05, 3.63) is 65.7 Å². The standard InChI is InChI=1S/C23H27NO4.ClH/c1-26-21-8-3-19(4-9-21)5-12-23(25)20-6-10-22(11-7-20)28-16-2-13-24-14-17-27-18-15-24;/h3-12H,2,13-18H2,1H3;1H/b12-5+;. The number of ether oxygens (including phenoxy) is 3. The van der Waals surface area contributed by atoms with E-state index in [0.717, 1.165) is 56.3 Å². The third kappa shape index (κ3) is 7.54. The van der Waals surface area contributed by atoms with Crippen molar-refractivity contribution in [1.29, 1.82) is 0 Å². The van der Waals surface area contributed by atoms with Gasteiger partial charge in [-0.25, -0.2) is 0 Å². The van der Waals surface area contributed by atoms with E-state index in [1.165, 1.54) is 0 Å². The fourth-order valence-corrected chi connectivity index (χ4v) is 3.00. The van der Waals surface area contributed by atoms with Crippen molar-refractivity contribution >= 4 is 24.3 Å². The number of hydrogen-bond donors (Lipinski definition) is 0. The van der Waals surface area contributed by atoms with Gasteiger partial charge in [0, 0.05) is 25.2 Å². The van der Waals surface area contributed by atoms with Gasteiger partial charge in [0.1, 0.15) is 11.5 Å². The molecule has 6 heteroatoms. The number of carbonyl (C=O) groups excluding carboxylic acids is 1. The lowest BCUT2D eigenvalue weighted by atomic mass is 10.1. The Morgan fingerprint density at radius 2 is 1.69 bits per heavy atom. The highest BCUT2D eigenvalue weighted by molar-refractivity contribution is 6.06. The van der Waals surface area contributed by atoms with E-state index in [0.29, 0.717) is 12.2 Å². The molecule has 0 bridgehead atoms. The highest BCUT2D eigenvalue weighted by atomic mass is 35.5. The van der Waals surface area contributed by atoms with Crippen LogP contribution >= 0.6 is 12.4 Å². The van der Waals surface area contributed by atoms with Gasteiger partial charge >= 0.3 is 0 Å². The summed E-state index contributed by atoms with van der Waals surface area (Å²) < 4.78 is 16.3. The maximum Gasteiger partial charge on any atom is 0.185 e. The van der Waals surface area contributed by atoms with Crippen LogP contribution in [0.4, 0.5) is 0 Å². The van der Waals surface area contributed by atoms with Gasteiger partial charge in [-0.1, -0.05) is 18.2 Å². The molecule has 2 aromatic carbocycles. The molecule has 0 radical (unpaired) electrons. The molecule has 0 aromatic heterocycles. The van der Waals surface area contributed by atoms with Crippen molar-refractivity contribution in [3.8, 4) is 11.5 Å². The van der Waals surface area contributed by atoms with E-state index >= 15 is 0 Å². The smallest absolute Gasteiger partial charge is 0.185 e. The number of halogens is 1. The maximum absolute atomic E-state index is 12.3. The molecule has 0 spiro atoms. The fourth-order valence-electron chi connectivity index (χ4n) is 3.00. The quantitative estimate of drug-likeness (QED) is 0.349. The minimum Gasteiger partial charge on any atom is -0.497 e. The number of methoxy groups -OCH3 is 1. The Morgan fingerprint density at radius 1 is 1.03 bits per heavy atom. The van der Waals surface area contributed by atoms with Gasteiger partial charge in [-0.15, -0.1) is 12.4 Å². The van der Waals surface area contributed by atoms with Gasteiger partial charge in [-0.3, -0.25) is 9.69 Å². The van der Waals surface area contributed by atoms with Crippen molar-refractivity contribution in [2.24, 2.45) is 0 Å². The number of benzene rings is 2. The molecule has 1 fully saturated rings. The first-order valence-corrected chi connectivity index (χ1v) is 9.64. The van der Waals surface area contributed by atoms with Crippen LogP contribution in [0.15, 0.2) is 54.6 Å². The third-order valence-electron chi connectivity index (χ3n) is 4.67. The first-order valence-electron chi connectivity index (χ1n) is 9.64. The van der Waals surface area contributed by atoms with Gasteiger partial charge in [0.25, 0.3) is 0 Å². The van der Waals surface area contributed by atoms with Crippen LogP contribution in [0.1, 0.15) is 22.3 Å². The van der Waals surface area contributed by atoms with Crippen LogP contribution in [0.5, 0.6) is 11.5 Å². The Labute approximate surface area is 178 Å². The minimum absolute atomic E-state index is 0. The largest absolute Gasteiger partial charge is 0.497 e. The molecule has 0 unspecified atom stereocenters. The van der Waals surface area contributed by atoms with Gasteiger partial charge in [-0.2, -0.15) is 0 Å². The number of hydrogen-bond acceptors (Lipinski definition) is 5. The molecule has 3 rings (SSSR count). The number of ketones is 1. The van der Waals surface area contributed by atoms with Crippen molar-refractivity contribution in [2.75, 3.05) is 46.6 Å². The molecular weight excluding hydrogens is 390 g/mol. The molecule has 0 amide bonds. The average Bonchev–Trinajstić information content (AvgIpc) is 2.76. The summed E-state index contributed by atoms with van der Waals surface area (Å²) in [5.74, 6) is 1.55. The SMILES string of the molecule is COc1ccc(/C=C/C(=O)c2ccc(OCCCN3CCOCC3)cc2)cc1.Cl. The zero-order chi connectivity index (χ0) is 19.6. The topological polar surface area (TPSA) is 48.0 Å². The second kappa shape index (κ2) is 12.3. The van der Waals surface area contributed by atoms with E-state index in [1.54, 1.807) is 31.4 Å². The number of carbonyl (C=O) groups is 1. The van der Waals surface area contributed by atoms with Crippen molar-refractivity contribution in [2.45, 2.75) is 6.42 Å². The summed E-state index contributed by atoms with van der Waals surface area (Å²) in [5, 5.41) is 0. The zero-order valence-corrected chi connectivity index (χ0v) is 17.5. The zero-order valence-electron chi connectivity index (χ0n) is 16.7. The van der Waals surface area contributed by atoms with E-state index in [1.807, 2.05) is 36.4 Å². The monoisotopic (exact) mass is 417 g/mol. The third-order valence-corrected chi connectivity index (χ3v) is 4.67. The molecule has 1 heterocycles. The molecule has 1 aliphatic rings. The predicted octanol–water partition coefficient (Wildman–Crippen LogP) is 4.11. The van der Waals surface area contributed by atoms with E-state index in [-0.39, 0.29) is 18.2 Å². The van der Waals surface area contributed by atoms with E-state index < -0.39 is 0 Å². The first kappa shape index (κ1) is 22.9. The summed E-state index contributed by atoms with van der Waals surface area (Å²) in [7, 11) is 1.63. The normalized spacial score (nSPS) is 14.4. The summed E-state index contributed by atoms with van der Waals surface area (Å²) in [6.07, 6.45) is 4.36. The number of nitrogens with zero attached hydrogens (tertiary/aromatic N) is 1. The fraction of sp³-hybridized carbons (Fsp3) is 0.348. The van der Waals surface area contributed by atoms with Crippen LogP contribution in [0.25, 0.3) is 6.08 Å². The van der Waals surface area contributed by atoms with Gasteiger partial charge in [0.2, 0.25) is 0 Å². The lowest BCUT2D eigenvalue weighted by Gasteiger charge is -2.26. The van der Waals surface area contributed by atoms with Crippen molar-refractivity contribution < 1.29 is 19.0 Å². The highest BCUT2D eigenvalue weighted by Gasteiger charge is 2.09. The van der Waals surface area contributed by atoms with E-state index in [4.69, 9.17) is 14.2 Å². The summed E-state index contributed by atoms with van der Waals surface area (Å²) in [5.41, 5.74) is 1.60.